The zero-order valence-electron chi connectivity index (χ0n) is 14.0. The standard InChI is InChI=1S/C16H20N6O/c1-9(2)22-15-12(8-18-22)6-13(7-17-15)16(23)19-14-10(3)20-21(5)11(14)4/h6-9H,1-5H3,(H,19,23). The molecule has 0 radical (unpaired) electrons. The summed E-state index contributed by atoms with van der Waals surface area (Å²) in [5.41, 5.74) is 3.74. The van der Waals surface area contributed by atoms with E-state index < -0.39 is 0 Å². The fourth-order valence-electron chi connectivity index (χ4n) is 2.58. The van der Waals surface area contributed by atoms with Crippen LogP contribution in [0.1, 0.15) is 41.6 Å². The van der Waals surface area contributed by atoms with Crippen LogP contribution in [0.4, 0.5) is 5.69 Å². The van der Waals surface area contributed by atoms with Crippen molar-refractivity contribution in [2.24, 2.45) is 7.05 Å². The largest absolute Gasteiger partial charge is 0.319 e. The van der Waals surface area contributed by atoms with Crippen molar-refractivity contribution in [2.75, 3.05) is 5.32 Å². The van der Waals surface area contributed by atoms with E-state index in [1.807, 2.05) is 45.5 Å². The first-order chi connectivity index (χ1) is 10.9. The van der Waals surface area contributed by atoms with Gasteiger partial charge in [-0.05, 0) is 33.8 Å². The Morgan fingerprint density at radius 3 is 2.61 bits per heavy atom. The maximum atomic E-state index is 12.5. The molecule has 0 atom stereocenters. The molecule has 1 amide bonds. The molecule has 0 aliphatic heterocycles. The van der Waals surface area contributed by atoms with Crippen LogP contribution in [0.15, 0.2) is 18.5 Å². The molecule has 3 aromatic heterocycles. The van der Waals surface area contributed by atoms with Crippen molar-refractivity contribution >= 4 is 22.6 Å². The summed E-state index contributed by atoms with van der Waals surface area (Å²) in [7, 11) is 1.85. The van der Waals surface area contributed by atoms with Crippen molar-refractivity contribution < 1.29 is 4.79 Å². The number of aromatic nitrogens is 5. The van der Waals surface area contributed by atoms with Gasteiger partial charge in [0.05, 0.1) is 28.8 Å². The lowest BCUT2D eigenvalue weighted by atomic mass is 10.2. The van der Waals surface area contributed by atoms with E-state index in [2.05, 4.69) is 20.5 Å². The Kier molecular flexibility index (Phi) is 3.63. The van der Waals surface area contributed by atoms with Crippen molar-refractivity contribution in [3.63, 3.8) is 0 Å². The molecule has 0 spiro atoms. The fraction of sp³-hybridized carbons (Fsp3) is 0.375. The van der Waals surface area contributed by atoms with Gasteiger partial charge in [-0.25, -0.2) is 9.67 Å². The summed E-state index contributed by atoms with van der Waals surface area (Å²) in [6.45, 7) is 7.88. The number of amides is 1. The number of anilines is 1. The highest BCUT2D eigenvalue weighted by atomic mass is 16.1. The number of rotatable bonds is 3. The summed E-state index contributed by atoms with van der Waals surface area (Å²) in [6.07, 6.45) is 3.32. The van der Waals surface area contributed by atoms with E-state index in [1.54, 1.807) is 17.1 Å². The molecule has 0 unspecified atom stereocenters. The minimum Gasteiger partial charge on any atom is -0.319 e. The molecule has 3 rings (SSSR count). The molecule has 0 saturated heterocycles. The second-order valence-corrected chi connectivity index (χ2v) is 5.94. The van der Waals surface area contributed by atoms with E-state index in [-0.39, 0.29) is 11.9 Å². The van der Waals surface area contributed by atoms with Gasteiger partial charge in [0.2, 0.25) is 0 Å². The molecule has 7 heteroatoms. The Morgan fingerprint density at radius 1 is 1.26 bits per heavy atom. The normalized spacial score (nSPS) is 11.4. The molecule has 7 nitrogen and oxygen atoms in total. The summed E-state index contributed by atoms with van der Waals surface area (Å²) >= 11 is 0. The van der Waals surface area contributed by atoms with E-state index in [9.17, 15) is 4.79 Å². The first-order valence-electron chi connectivity index (χ1n) is 7.53. The van der Waals surface area contributed by atoms with E-state index in [0.717, 1.165) is 28.1 Å². The first-order valence-corrected chi connectivity index (χ1v) is 7.53. The highest BCUT2D eigenvalue weighted by Gasteiger charge is 2.15. The van der Waals surface area contributed by atoms with Crippen LogP contribution in [0.25, 0.3) is 11.0 Å². The molecular weight excluding hydrogens is 292 g/mol. The minimum absolute atomic E-state index is 0.198. The van der Waals surface area contributed by atoms with Crippen molar-refractivity contribution in [1.82, 2.24) is 24.5 Å². The van der Waals surface area contributed by atoms with Crippen LogP contribution < -0.4 is 5.32 Å². The molecule has 3 aromatic rings. The number of aryl methyl sites for hydroxylation is 2. The highest BCUT2D eigenvalue weighted by Crippen LogP contribution is 2.21. The van der Waals surface area contributed by atoms with E-state index >= 15 is 0 Å². The third kappa shape index (κ3) is 2.58. The van der Waals surface area contributed by atoms with Crippen LogP contribution in [-0.2, 0) is 7.05 Å². The van der Waals surface area contributed by atoms with Gasteiger partial charge in [0.15, 0.2) is 5.65 Å². The Labute approximate surface area is 134 Å². The average Bonchev–Trinajstić information content (AvgIpc) is 3.03. The topological polar surface area (TPSA) is 77.6 Å². The number of nitrogens with one attached hydrogen (secondary N) is 1. The molecule has 0 aromatic carbocycles. The van der Waals surface area contributed by atoms with Crippen LogP contribution in [0.3, 0.4) is 0 Å². The van der Waals surface area contributed by atoms with Crippen molar-refractivity contribution in [2.45, 2.75) is 33.7 Å². The number of hydrogen-bond donors (Lipinski definition) is 1. The predicted molar refractivity (Wildman–Crippen MR) is 88.5 cm³/mol. The Bertz CT molecular complexity index is 889. The Morgan fingerprint density at radius 2 is 2.00 bits per heavy atom. The summed E-state index contributed by atoms with van der Waals surface area (Å²) in [5, 5.41) is 12.4. The highest BCUT2D eigenvalue weighted by molar-refractivity contribution is 6.06. The third-order valence-electron chi connectivity index (χ3n) is 3.93. The van der Waals surface area contributed by atoms with Crippen LogP contribution in [-0.4, -0.2) is 30.5 Å². The number of nitrogens with zero attached hydrogens (tertiary/aromatic N) is 5. The molecule has 0 aliphatic rings. The number of fused-ring (bicyclic) bond motifs is 1. The summed E-state index contributed by atoms with van der Waals surface area (Å²) in [6, 6.07) is 2.03. The molecular formula is C16H20N6O. The fourth-order valence-corrected chi connectivity index (χ4v) is 2.58. The number of carbonyl (C=O) groups is 1. The molecule has 23 heavy (non-hydrogen) atoms. The lowest BCUT2D eigenvalue weighted by Gasteiger charge is -2.07. The van der Waals surface area contributed by atoms with Gasteiger partial charge in [-0.3, -0.25) is 9.48 Å². The van der Waals surface area contributed by atoms with E-state index in [4.69, 9.17) is 0 Å². The lowest BCUT2D eigenvalue weighted by Crippen LogP contribution is -2.13. The van der Waals surface area contributed by atoms with Crippen LogP contribution in [0.5, 0.6) is 0 Å². The van der Waals surface area contributed by atoms with Crippen LogP contribution in [0.2, 0.25) is 0 Å². The maximum absolute atomic E-state index is 12.5. The van der Waals surface area contributed by atoms with E-state index in [1.165, 1.54) is 0 Å². The molecule has 1 N–H and O–H groups in total. The zero-order chi connectivity index (χ0) is 16.7. The number of hydrogen-bond acceptors (Lipinski definition) is 4. The number of pyridine rings is 1. The van der Waals surface area contributed by atoms with Gasteiger partial charge in [0, 0.05) is 24.7 Å². The maximum Gasteiger partial charge on any atom is 0.257 e. The van der Waals surface area contributed by atoms with Crippen LogP contribution >= 0.6 is 0 Å². The zero-order valence-corrected chi connectivity index (χ0v) is 14.0. The smallest absolute Gasteiger partial charge is 0.257 e. The van der Waals surface area contributed by atoms with Gasteiger partial charge in [0.1, 0.15) is 0 Å². The third-order valence-corrected chi connectivity index (χ3v) is 3.93. The van der Waals surface area contributed by atoms with Gasteiger partial charge in [-0.1, -0.05) is 0 Å². The molecule has 120 valence electrons. The Balaban J connectivity index is 1.92. The quantitative estimate of drug-likeness (QED) is 0.806. The second-order valence-electron chi connectivity index (χ2n) is 5.94. The first kappa shape index (κ1) is 15.2. The SMILES string of the molecule is Cc1nn(C)c(C)c1NC(=O)c1cnc2c(cnn2C(C)C)c1. The van der Waals surface area contributed by atoms with Crippen molar-refractivity contribution in [3.8, 4) is 0 Å². The molecule has 0 fully saturated rings. The predicted octanol–water partition coefficient (Wildman–Crippen LogP) is 2.61. The second kappa shape index (κ2) is 5.49. The van der Waals surface area contributed by atoms with Gasteiger partial charge in [-0.2, -0.15) is 10.2 Å². The Hall–Kier alpha value is -2.70. The molecule has 0 bridgehead atoms. The summed E-state index contributed by atoms with van der Waals surface area (Å²) in [5.74, 6) is -0.198. The van der Waals surface area contributed by atoms with Crippen molar-refractivity contribution in [3.05, 3.63) is 35.4 Å². The van der Waals surface area contributed by atoms with Gasteiger partial charge in [0.25, 0.3) is 5.91 Å². The van der Waals surface area contributed by atoms with Gasteiger partial charge in [-0.15, -0.1) is 0 Å². The summed E-state index contributed by atoms with van der Waals surface area (Å²) in [4.78, 5) is 16.9. The summed E-state index contributed by atoms with van der Waals surface area (Å²) < 4.78 is 3.59. The minimum atomic E-state index is -0.198. The van der Waals surface area contributed by atoms with Gasteiger partial charge < -0.3 is 5.32 Å². The molecule has 0 saturated carbocycles. The average molecular weight is 312 g/mol. The lowest BCUT2D eigenvalue weighted by molar-refractivity contribution is 0.102. The van der Waals surface area contributed by atoms with Gasteiger partial charge >= 0.3 is 0 Å². The van der Waals surface area contributed by atoms with E-state index in [0.29, 0.717) is 5.56 Å². The molecule has 0 aliphatic carbocycles. The molecule has 3 heterocycles. The monoisotopic (exact) mass is 312 g/mol. The van der Waals surface area contributed by atoms with Crippen molar-refractivity contribution in [1.29, 1.82) is 0 Å². The van der Waals surface area contributed by atoms with Crippen LogP contribution in [0, 0.1) is 13.8 Å². The number of carbonyl (C=O) groups excluding carboxylic acids is 1.